The number of hydrogen-bond acceptors (Lipinski definition) is 2. The Hall–Kier alpha value is -0.860. The Bertz CT molecular complexity index is 151. The van der Waals surface area contributed by atoms with E-state index in [2.05, 4.69) is 10.5 Å². The average Bonchev–Trinajstić information content (AvgIpc) is 1.98. The number of hydrogen-bond donors (Lipinski definition) is 0. The van der Waals surface area contributed by atoms with Crippen molar-refractivity contribution in [3.05, 3.63) is 0 Å². The van der Waals surface area contributed by atoms with Gasteiger partial charge in [0.2, 0.25) is 0 Å². The van der Waals surface area contributed by atoms with Crippen LogP contribution in [0.4, 0.5) is 0 Å². The quantitative estimate of drug-likeness (QED) is 0.438. The summed E-state index contributed by atoms with van der Waals surface area (Å²) in [7, 11) is 0. The maximum atomic E-state index is 10.5. The van der Waals surface area contributed by atoms with Crippen molar-refractivity contribution in [2.24, 2.45) is 11.0 Å². The standard InChI is InChI=1S/C5H7N2O/c1-3-4(2)6-7-5(3)8/h3H,1-2H3. The van der Waals surface area contributed by atoms with Crippen LogP contribution in [0.15, 0.2) is 5.10 Å². The third kappa shape index (κ3) is 0.598. The Morgan fingerprint density at radius 2 is 2.25 bits per heavy atom. The lowest BCUT2D eigenvalue weighted by atomic mass is 10.1. The van der Waals surface area contributed by atoms with E-state index in [-0.39, 0.29) is 11.8 Å². The molecule has 3 nitrogen and oxygen atoms in total. The third-order valence-electron chi connectivity index (χ3n) is 1.30. The first-order valence-corrected chi connectivity index (χ1v) is 2.51. The van der Waals surface area contributed by atoms with Crippen LogP contribution < -0.4 is 5.43 Å². The van der Waals surface area contributed by atoms with Gasteiger partial charge in [0, 0.05) is 5.71 Å². The van der Waals surface area contributed by atoms with Gasteiger partial charge in [0.05, 0.1) is 5.92 Å². The molecule has 0 N–H and O–H groups in total. The lowest BCUT2D eigenvalue weighted by Gasteiger charge is -1.91. The summed E-state index contributed by atoms with van der Waals surface area (Å²) in [5, 5.41) is 3.59. The molecule has 0 saturated heterocycles. The molecule has 43 valence electrons. The number of rotatable bonds is 0. The molecule has 1 radical (unpaired) electrons. The third-order valence-corrected chi connectivity index (χ3v) is 1.30. The van der Waals surface area contributed by atoms with Crippen LogP contribution in [-0.2, 0) is 4.79 Å². The first-order chi connectivity index (χ1) is 3.72. The van der Waals surface area contributed by atoms with E-state index in [0.29, 0.717) is 0 Å². The van der Waals surface area contributed by atoms with Gasteiger partial charge in [-0.2, -0.15) is 5.10 Å². The smallest absolute Gasteiger partial charge is 0.270 e. The van der Waals surface area contributed by atoms with Crippen LogP contribution >= 0.6 is 0 Å². The molecule has 0 aromatic rings. The molecule has 8 heavy (non-hydrogen) atoms. The lowest BCUT2D eigenvalue weighted by Crippen LogP contribution is -2.14. The minimum absolute atomic E-state index is 0.0741. The zero-order valence-corrected chi connectivity index (χ0v) is 4.88. The van der Waals surface area contributed by atoms with E-state index in [9.17, 15) is 4.79 Å². The summed E-state index contributed by atoms with van der Waals surface area (Å²) in [5.74, 6) is -0.197. The van der Waals surface area contributed by atoms with Gasteiger partial charge in [0.1, 0.15) is 0 Å². The Morgan fingerprint density at radius 1 is 1.62 bits per heavy atom. The summed E-state index contributed by atoms with van der Waals surface area (Å²) in [5.41, 5.74) is 4.16. The molecular weight excluding hydrogens is 104 g/mol. The molecule has 0 fully saturated rings. The summed E-state index contributed by atoms with van der Waals surface area (Å²) < 4.78 is 0. The summed E-state index contributed by atoms with van der Waals surface area (Å²) in [6.45, 7) is 3.61. The monoisotopic (exact) mass is 111 g/mol. The summed E-state index contributed by atoms with van der Waals surface area (Å²) in [6, 6.07) is 0. The fourth-order valence-electron chi connectivity index (χ4n) is 0.480. The topological polar surface area (TPSA) is 43.5 Å². The largest absolute Gasteiger partial charge is 0.273 e. The van der Waals surface area contributed by atoms with Crippen molar-refractivity contribution in [1.82, 2.24) is 5.43 Å². The highest BCUT2D eigenvalue weighted by Crippen LogP contribution is 2.04. The van der Waals surface area contributed by atoms with E-state index in [0.717, 1.165) is 5.71 Å². The Balaban J connectivity index is 2.72. The minimum Gasteiger partial charge on any atom is -0.270 e. The zero-order chi connectivity index (χ0) is 6.15. The van der Waals surface area contributed by atoms with Crippen LogP contribution in [-0.4, -0.2) is 11.6 Å². The fourth-order valence-corrected chi connectivity index (χ4v) is 0.480. The second-order valence-corrected chi connectivity index (χ2v) is 1.90. The van der Waals surface area contributed by atoms with Gasteiger partial charge in [-0.3, -0.25) is 4.79 Å². The van der Waals surface area contributed by atoms with Crippen LogP contribution in [0.2, 0.25) is 0 Å². The molecular formula is C5H7N2O. The van der Waals surface area contributed by atoms with E-state index in [1.165, 1.54) is 0 Å². The molecule has 3 heteroatoms. The van der Waals surface area contributed by atoms with Gasteiger partial charge in [-0.1, -0.05) is 0 Å². The molecule has 0 aromatic carbocycles. The van der Waals surface area contributed by atoms with Gasteiger partial charge in [-0.25, -0.2) is 0 Å². The molecule has 1 heterocycles. The maximum Gasteiger partial charge on any atom is 0.273 e. The Labute approximate surface area is 47.8 Å². The molecule has 1 aliphatic rings. The van der Waals surface area contributed by atoms with Crippen molar-refractivity contribution in [1.29, 1.82) is 0 Å². The van der Waals surface area contributed by atoms with Crippen LogP contribution in [0.5, 0.6) is 0 Å². The van der Waals surface area contributed by atoms with E-state index in [1.54, 1.807) is 13.8 Å². The second kappa shape index (κ2) is 1.58. The molecule has 1 aliphatic heterocycles. The summed E-state index contributed by atoms with van der Waals surface area (Å²) in [6.07, 6.45) is 0. The average molecular weight is 111 g/mol. The fraction of sp³-hybridized carbons (Fsp3) is 0.600. The summed E-state index contributed by atoms with van der Waals surface area (Å²) >= 11 is 0. The van der Waals surface area contributed by atoms with E-state index >= 15 is 0 Å². The van der Waals surface area contributed by atoms with Gasteiger partial charge in [0.15, 0.2) is 0 Å². The minimum atomic E-state index is -0.123. The van der Waals surface area contributed by atoms with Crippen LogP contribution in [0.25, 0.3) is 0 Å². The lowest BCUT2D eigenvalue weighted by molar-refractivity contribution is -0.121. The van der Waals surface area contributed by atoms with Gasteiger partial charge in [-0.15, -0.1) is 5.43 Å². The Kier molecular flexibility index (Phi) is 1.04. The van der Waals surface area contributed by atoms with Crippen LogP contribution in [0.1, 0.15) is 13.8 Å². The number of carbonyl (C=O) groups is 1. The number of nitrogens with zero attached hydrogens (tertiary/aromatic N) is 2. The molecule has 0 bridgehead atoms. The molecule has 0 spiro atoms. The highest BCUT2D eigenvalue weighted by Gasteiger charge is 2.22. The zero-order valence-electron chi connectivity index (χ0n) is 4.88. The first kappa shape index (κ1) is 5.28. The summed E-state index contributed by atoms with van der Waals surface area (Å²) in [4.78, 5) is 10.5. The van der Waals surface area contributed by atoms with Crippen molar-refractivity contribution in [3.8, 4) is 0 Å². The van der Waals surface area contributed by atoms with E-state index in [1.807, 2.05) is 0 Å². The molecule has 1 amide bonds. The van der Waals surface area contributed by atoms with Crippen molar-refractivity contribution >= 4 is 11.6 Å². The predicted molar refractivity (Wildman–Crippen MR) is 29.4 cm³/mol. The van der Waals surface area contributed by atoms with Gasteiger partial charge in [-0.05, 0) is 13.8 Å². The predicted octanol–water partition coefficient (Wildman–Crippen LogP) is 0.143. The van der Waals surface area contributed by atoms with E-state index < -0.39 is 0 Å². The molecule has 1 rings (SSSR count). The Morgan fingerprint density at radius 3 is 2.38 bits per heavy atom. The second-order valence-electron chi connectivity index (χ2n) is 1.90. The van der Waals surface area contributed by atoms with Crippen molar-refractivity contribution in [2.45, 2.75) is 13.8 Å². The van der Waals surface area contributed by atoms with E-state index in [4.69, 9.17) is 0 Å². The maximum absolute atomic E-state index is 10.5. The van der Waals surface area contributed by atoms with Crippen molar-refractivity contribution in [3.63, 3.8) is 0 Å². The van der Waals surface area contributed by atoms with Crippen molar-refractivity contribution in [2.75, 3.05) is 0 Å². The molecule has 0 saturated carbocycles. The highest BCUT2D eigenvalue weighted by atomic mass is 16.2. The number of amides is 1. The SMILES string of the molecule is CC1=N[N]C(=O)C1C. The highest BCUT2D eigenvalue weighted by molar-refractivity contribution is 6.06. The van der Waals surface area contributed by atoms with Gasteiger partial charge < -0.3 is 0 Å². The molecule has 1 atom stereocenters. The van der Waals surface area contributed by atoms with Crippen LogP contribution in [0, 0.1) is 5.92 Å². The van der Waals surface area contributed by atoms with Crippen molar-refractivity contribution < 1.29 is 4.79 Å². The van der Waals surface area contributed by atoms with Gasteiger partial charge in [0.25, 0.3) is 5.91 Å². The normalized spacial score (nSPS) is 27.5. The first-order valence-electron chi connectivity index (χ1n) is 2.51. The van der Waals surface area contributed by atoms with Gasteiger partial charge >= 0.3 is 0 Å². The molecule has 1 unspecified atom stereocenters. The van der Waals surface area contributed by atoms with Crippen LogP contribution in [0.3, 0.4) is 0 Å². The molecule has 0 aliphatic carbocycles. The number of carbonyl (C=O) groups excluding carboxylic acids is 1. The molecule has 0 aromatic heterocycles.